The minimum absolute atomic E-state index is 0.142. The molecule has 3 heteroatoms. The van der Waals surface area contributed by atoms with Crippen molar-refractivity contribution in [2.45, 2.75) is 58.2 Å². The molecular weight excluding hydrogens is 228 g/mol. The fourth-order valence-electron chi connectivity index (χ4n) is 3.01. The van der Waals surface area contributed by atoms with Crippen LogP contribution in [-0.4, -0.2) is 22.1 Å². The molecule has 0 aromatic heterocycles. The Morgan fingerprint density at radius 3 is 2.61 bits per heavy atom. The highest BCUT2D eigenvalue weighted by Crippen LogP contribution is 2.41. The van der Waals surface area contributed by atoms with Gasteiger partial charge in [-0.2, -0.15) is 0 Å². The van der Waals surface area contributed by atoms with Gasteiger partial charge in [0.15, 0.2) is 5.76 Å². The van der Waals surface area contributed by atoms with Gasteiger partial charge in [0.05, 0.1) is 5.60 Å². The van der Waals surface area contributed by atoms with Crippen LogP contribution in [0.5, 0.6) is 0 Å². The third-order valence-electron chi connectivity index (χ3n) is 4.06. The molecule has 0 saturated heterocycles. The van der Waals surface area contributed by atoms with Gasteiger partial charge in [0.25, 0.3) is 0 Å². The van der Waals surface area contributed by atoms with Crippen LogP contribution in [0.4, 0.5) is 0 Å². The van der Waals surface area contributed by atoms with Crippen molar-refractivity contribution < 1.29 is 14.6 Å². The van der Waals surface area contributed by atoms with E-state index in [0.717, 1.165) is 19.3 Å². The van der Waals surface area contributed by atoms with E-state index in [9.17, 15) is 9.90 Å². The van der Waals surface area contributed by atoms with Crippen LogP contribution in [0.2, 0.25) is 0 Å². The lowest BCUT2D eigenvalue weighted by Crippen LogP contribution is -2.54. The number of ether oxygens (including phenoxy) is 1. The standard InChI is InChI=1S/C15H22O3/c1-10-5-7-11(8-6-10)15(4)13(17)12(16)9-14(2,3)18-15/h5,9,11,16H,6-8H2,1-4H3/t11-,15-/m1/s1. The van der Waals surface area contributed by atoms with Crippen LogP contribution in [0.3, 0.4) is 0 Å². The SMILES string of the molecule is CC1=CC[C@@H]([C@@]2(C)OC(C)(C)C=C(O)C2=O)CC1. The summed E-state index contributed by atoms with van der Waals surface area (Å²) in [6.45, 7) is 7.68. The van der Waals surface area contributed by atoms with Crippen molar-refractivity contribution in [3.8, 4) is 0 Å². The summed E-state index contributed by atoms with van der Waals surface area (Å²) in [6.07, 6.45) is 6.46. The van der Waals surface area contributed by atoms with E-state index >= 15 is 0 Å². The van der Waals surface area contributed by atoms with Gasteiger partial charge < -0.3 is 9.84 Å². The van der Waals surface area contributed by atoms with Gasteiger partial charge in [0, 0.05) is 0 Å². The highest BCUT2D eigenvalue weighted by molar-refractivity contribution is 6.00. The highest BCUT2D eigenvalue weighted by Gasteiger charge is 2.49. The van der Waals surface area contributed by atoms with Crippen molar-refractivity contribution in [1.29, 1.82) is 0 Å². The van der Waals surface area contributed by atoms with Crippen LogP contribution < -0.4 is 0 Å². The molecule has 0 radical (unpaired) electrons. The first-order chi connectivity index (χ1) is 8.24. The van der Waals surface area contributed by atoms with Crippen LogP contribution >= 0.6 is 0 Å². The minimum atomic E-state index is -0.903. The van der Waals surface area contributed by atoms with Crippen molar-refractivity contribution in [2.24, 2.45) is 5.92 Å². The Kier molecular flexibility index (Phi) is 3.14. The monoisotopic (exact) mass is 250 g/mol. The lowest BCUT2D eigenvalue weighted by molar-refractivity contribution is -0.174. The summed E-state index contributed by atoms with van der Waals surface area (Å²) in [7, 11) is 0. The van der Waals surface area contributed by atoms with Gasteiger partial charge in [-0.1, -0.05) is 11.6 Å². The number of carbonyl (C=O) groups is 1. The van der Waals surface area contributed by atoms with Crippen LogP contribution in [0.15, 0.2) is 23.5 Å². The second-order valence-corrected chi connectivity index (χ2v) is 6.19. The number of hydrogen-bond donors (Lipinski definition) is 1. The van der Waals surface area contributed by atoms with Crippen molar-refractivity contribution in [1.82, 2.24) is 0 Å². The summed E-state index contributed by atoms with van der Waals surface area (Å²) in [5.41, 5.74) is -0.125. The van der Waals surface area contributed by atoms with Crippen LogP contribution in [-0.2, 0) is 9.53 Å². The molecular formula is C15H22O3. The molecule has 0 bridgehead atoms. The number of allylic oxidation sites excluding steroid dienone is 2. The van der Waals surface area contributed by atoms with Gasteiger partial charge in [0.1, 0.15) is 5.60 Å². The molecule has 0 unspecified atom stereocenters. The minimum Gasteiger partial charge on any atom is -0.504 e. The maximum atomic E-state index is 12.3. The van der Waals surface area contributed by atoms with Crippen LogP contribution in [0.1, 0.15) is 47.0 Å². The summed E-state index contributed by atoms with van der Waals surface area (Å²) in [5, 5.41) is 9.85. The summed E-state index contributed by atoms with van der Waals surface area (Å²) < 4.78 is 6.00. The second kappa shape index (κ2) is 4.23. The number of aliphatic hydroxyl groups excluding tert-OH is 1. The average molecular weight is 250 g/mol. The van der Waals surface area contributed by atoms with Gasteiger partial charge in [0.2, 0.25) is 5.78 Å². The first-order valence-corrected chi connectivity index (χ1v) is 6.57. The molecule has 2 rings (SSSR count). The van der Waals surface area contributed by atoms with Gasteiger partial charge in [-0.05, 0) is 59.0 Å². The van der Waals surface area contributed by atoms with E-state index in [1.807, 2.05) is 20.8 Å². The van der Waals surface area contributed by atoms with Crippen LogP contribution in [0, 0.1) is 5.92 Å². The molecule has 2 atom stereocenters. The molecule has 0 saturated carbocycles. The van der Waals surface area contributed by atoms with Gasteiger partial charge in [-0.15, -0.1) is 0 Å². The highest BCUT2D eigenvalue weighted by atomic mass is 16.5. The molecule has 1 aliphatic carbocycles. The number of aliphatic hydroxyl groups is 1. The van der Waals surface area contributed by atoms with Crippen molar-refractivity contribution >= 4 is 5.78 Å². The molecule has 1 aliphatic heterocycles. The zero-order chi connectivity index (χ0) is 13.6. The summed E-state index contributed by atoms with van der Waals surface area (Å²) >= 11 is 0. The summed E-state index contributed by atoms with van der Waals surface area (Å²) in [4.78, 5) is 12.3. The predicted molar refractivity (Wildman–Crippen MR) is 70.4 cm³/mol. The topological polar surface area (TPSA) is 46.5 Å². The van der Waals surface area contributed by atoms with Crippen LogP contribution in [0.25, 0.3) is 0 Å². The number of ketones is 1. The Labute approximate surface area is 109 Å². The van der Waals surface area contributed by atoms with E-state index in [-0.39, 0.29) is 17.5 Å². The lowest BCUT2D eigenvalue weighted by atomic mass is 9.74. The van der Waals surface area contributed by atoms with Crippen molar-refractivity contribution in [2.75, 3.05) is 0 Å². The third-order valence-corrected chi connectivity index (χ3v) is 4.06. The summed E-state index contributed by atoms with van der Waals surface area (Å²) in [5.74, 6) is -0.288. The number of rotatable bonds is 1. The van der Waals surface area contributed by atoms with E-state index in [0.29, 0.717) is 0 Å². The Bertz CT molecular complexity index is 431. The molecule has 100 valence electrons. The second-order valence-electron chi connectivity index (χ2n) is 6.19. The Hall–Kier alpha value is -1.09. The normalized spacial score (nSPS) is 36.0. The van der Waals surface area contributed by atoms with Crippen molar-refractivity contribution in [3.63, 3.8) is 0 Å². The summed E-state index contributed by atoms with van der Waals surface area (Å²) in [6, 6.07) is 0. The van der Waals surface area contributed by atoms with Gasteiger partial charge in [-0.3, -0.25) is 4.79 Å². The molecule has 1 N–H and O–H groups in total. The zero-order valence-electron chi connectivity index (χ0n) is 11.6. The van der Waals surface area contributed by atoms with E-state index in [4.69, 9.17) is 4.74 Å². The molecule has 3 nitrogen and oxygen atoms in total. The molecule has 0 spiro atoms. The maximum Gasteiger partial charge on any atom is 0.228 e. The smallest absolute Gasteiger partial charge is 0.228 e. The van der Waals surface area contributed by atoms with E-state index in [2.05, 4.69) is 13.0 Å². The van der Waals surface area contributed by atoms with E-state index in [1.54, 1.807) is 0 Å². The Morgan fingerprint density at radius 1 is 1.39 bits per heavy atom. The lowest BCUT2D eigenvalue weighted by Gasteiger charge is -2.44. The number of Topliss-reactive ketones (excluding diaryl/α,β-unsaturated/α-hetero) is 1. The van der Waals surface area contributed by atoms with Crippen molar-refractivity contribution in [3.05, 3.63) is 23.5 Å². The first-order valence-electron chi connectivity index (χ1n) is 6.57. The molecule has 0 amide bonds. The molecule has 2 aliphatic rings. The first kappa shape index (κ1) is 13.3. The molecule has 0 aromatic rings. The zero-order valence-corrected chi connectivity index (χ0v) is 11.6. The molecule has 0 aromatic carbocycles. The Balaban J connectivity index is 2.31. The molecule has 0 fully saturated rings. The fourth-order valence-corrected chi connectivity index (χ4v) is 3.01. The number of carbonyl (C=O) groups excluding carboxylic acids is 1. The third kappa shape index (κ3) is 2.24. The van der Waals surface area contributed by atoms with Gasteiger partial charge in [-0.25, -0.2) is 0 Å². The quantitative estimate of drug-likeness (QED) is 0.726. The molecule has 18 heavy (non-hydrogen) atoms. The fraction of sp³-hybridized carbons (Fsp3) is 0.667. The maximum absolute atomic E-state index is 12.3. The van der Waals surface area contributed by atoms with E-state index in [1.165, 1.54) is 11.6 Å². The largest absolute Gasteiger partial charge is 0.504 e. The Morgan fingerprint density at radius 2 is 2.06 bits per heavy atom. The molecule has 1 heterocycles. The number of hydrogen-bond acceptors (Lipinski definition) is 3. The van der Waals surface area contributed by atoms with Gasteiger partial charge >= 0.3 is 0 Å². The predicted octanol–water partition coefficient (Wildman–Crippen LogP) is 3.31. The van der Waals surface area contributed by atoms with E-state index < -0.39 is 11.2 Å². The average Bonchev–Trinajstić information content (AvgIpc) is 2.25.